The van der Waals surface area contributed by atoms with Gasteiger partial charge in [0, 0.05) is 0 Å². The SMILES string of the molecule is C1CC2OC2CC1C1CC2CC1C1OC21. The molecule has 0 radical (unpaired) electrons. The fourth-order valence-corrected chi connectivity index (χ4v) is 5.02. The first kappa shape index (κ1) is 8.08. The van der Waals surface area contributed by atoms with E-state index in [-0.39, 0.29) is 0 Å². The second kappa shape index (κ2) is 2.43. The van der Waals surface area contributed by atoms with E-state index in [1.54, 1.807) is 0 Å². The van der Waals surface area contributed by atoms with E-state index in [2.05, 4.69) is 0 Å². The molecule has 5 aliphatic rings. The first-order valence-corrected chi connectivity index (χ1v) is 6.71. The minimum atomic E-state index is 0.666. The first-order valence-electron chi connectivity index (χ1n) is 6.71. The van der Waals surface area contributed by atoms with Crippen LogP contribution in [0.25, 0.3) is 0 Å². The van der Waals surface area contributed by atoms with Gasteiger partial charge in [-0.1, -0.05) is 0 Å². The van der Waals surface area contributed by atoms with Crippen LogP contribution in [0, 0.1) is 23.7 Å². The average molecular weight is 206 g/mol. The van der Waals surface area contributed by atoms with Gasteiger partial charge in [-0.2, -0.15) is 0 Å². The molecule has 82 valence electrons. The molecular formula is C13H18O2. The van der Waals surface area contributed by atoms with Gasteiger partial charge in [-0.15, -0.1) is 0 Å². The lowest BCUT2D eigenvalue weighted by molar-refractivity contribution is 0.182. The van der Waals surface area contributed by atoms with Crippen LogP contribution in [0.4, 0.5) is 0 Å². The minimum absolute atomic E-state index is 0.666. The molecule has 2 bridgehead atoms. The van der Waals surface area contributed by atoms with Crippen molar-refractivity contribution in [1.82, 2.24) is 0 Å². The van der Waals surface area contributed by atoms with Crippen molar-refractivity contribution in [1.29, 1.82) is 0 Å². The van der Waals surface area contributed by atoms with Gasteiger partial charge in [0.2, 0.25) is 0 Å². The second-order valence-corrected chi connectivity index (χ2v) is 6.41. The Labute approximate surface area is 90.3 Å². The summed E-state index contributed by atoms with van der Waals surface area (Å²) in [6.07, 6.45) is 9.87. The summed E-state index contributed by atoms with van der Waals surface area (Å²) in [6, 6.07) is 0. The fourth-order valence-electron chi connectivity index (χ4n) is 5.02. The lowest BCUT2D eigenvalue weighted by atomic mass is 9.73. The monoisotopic (exact) mass is 206 g/mol. The molecule has 5 rings (SSSR count). The summed E-state index contributed by atoms with van der Waals surface area (Å²) in [5.41, 5.74) is 0. The highest BCUT2D eigenvalue weighted by atomic mass is 16.6. The quantitative estimate of drug-likeness (QED) is 0.613. The number of hydrogen-bond donors (Lipinski definition) is 0. The van der Waals surface area contributed by atoms with Gasteiger partial charge in [-0.3, -0.25) is 0 Å². The molecule has 8 unspecified atom stereocenters. The summed E-state index contributed by atoms with van der Waals surface area (Å²) in [5, 5.41) is 0. The highest BCUT2D eigenvalue weighted by Crippen LogP contribution is 2.62. The highest BCUT2D eigenvalue weighted by Gasteiger charge is 2.64. The first-order chi connectivity index (χ1) is 7.40. The van der Waals surface area contributed by atoms with Gasteiger partial charge in [-0.05, 0) is 55.8 Å². The molecule has 15 heavy (non-hydrogen) atoms. The van der Waals surface area contributed by atoms with Gasteiger partial charge in [0.05, 0.1) is 24.4 Å². The van der Waals surface area contributed by atoms with Gasteiger partial charge in [-0.25, -0.2) is 0 Å². The van der Waals surface area contributed by atoms with Crippen LogP contribution in [0.1, 0.15) is 32.1 Å². The molecule has 2 aliphatic heterocycles. The molecule has 0 aromatic rings. The van der Waals surface area contributed by atoms with Crippen LogP contribution < -0.4 is 0 Å². The molecule has 0 amide bonds. The Morgan fingerprint density at radius 3 is 2.40 bits per heavy atom. The van der Waals surface area contributed by atoms with E-state index in [0.717, 1.165) is 23.7 Å². The van der Waals surface area contributed by atoms with Gasteiger partial charge in [0.1, 0.15) is 0 Å². The normalized spacial score (nSPS) is 68.8. The highest BCUT2D eigenvalue weighted by molar-refractivity contribution is 5.12. The summed E-state index contributed by atoms with van der Waals surface area (Å²) < 4.78 is 11.4. The van der Waals surface area contributed by atoms with Crippen LogP contribution in [0.2, 0.25) is 0 Å². The van der Waals surface area contributed by atoms with E-state index in [1.165, 1.54) is 32.1 Å². The van der Waals surface area contributed by atoms with E-state index >= 15 is 0 Å². The lowest BCUT2D eigenvalue weighted by Crippen LogP contribution is -2.28. The number of hydrogen-bond acceptors (Lipinski definition) is 2. The molecule has 5 fully saturated rings. The third-order valence-electron chi connectivity index (χ3n) is 5.80. The molecule has 3 saturated carbocycles. The van der Waals surface area contributed by atoms with E-state index < -0.39 is 0 Å². The maximum Gasteiger partial charge on any atom is 0.0875 e. The summed E-state index contributed by atoms with van der Waals surface area (Å²) in [7, 11) is 0. The van der Waals surface area contributed by atoms with Crippen LogP contribution in [0.15, 0.2) is 0 Å². The van der Waals surface area contributed by atoms with E-state index in [9.17, 15) is 0 Å². The molecule has 0 aromatic heterocycles. The summed E-state index contributed by atoms with van der Waals surface area (Å²) in [6.45, 7) is 0. The zero-order valence-electron chi connectivity index (χ0n) is 8.97. The van der Waals surface area contributed by atoms with Crippen molar-refractivity contribution < 1.29 is 9.47 Å². The third-order valence-corrected chi connectivity index (χ3v) is 5.80. The maximum absolute atomic E-state index is 5.77. The zero-order chi connectivity index (χ0) is 9.57. The molecule has 8 atom stereocenters. The topological polar surface area (TPSA) is 25.1 Å². The fraction of sp³-hybridized carbons (Fsp3) is 1.00. The number of rotatable bonds is 1. The van der Waals surface area contributed by atoms with Crippen LogP contribution >= 0.6 is 0 Å². The van der Waals surface area contributed by atoms with E-state index in [0.29, 0.717) is 24.4 Å². The predicted octanol–water partition coefficient (Wildman–Crippen LogP) is 1.98. The van der Waals surface area contributed by atoms with Gasteiger partial charge in [0.15, 0.2) is 0 Å². The van der Waals surface area contributed by atoms with Crippen molar-refractivity contribution in [3.05, 3.63) is 0 Å². The van der Waals surface area contributed by atoms with E-state index in [4.69, 9.17) is 9.47 Å². The van der Waals surface area contributed by atoms with Gasteiger partial charge < -0.3 is 9.47 Å². The Balaban J connectivity index is 1.37. The van der Waals surface area contributed by atoms with Crippen LogP contribution in [-0.2, 0) is 9.47 Å². The van der Waals surface area contributed by atoms with Crippen molar-refractivity contribution in [2.45, 2.75) is 56.5 Å². The van der Waals surface area contributed by atoms with Crippen LogP contribution in [0.3, 0.4) is 0 Å². The van der Waals surface area contributed by atoms with Gasteiger partial charge in [0.25, 0.3) is 0 Å². The molecule has 2 heterocycles. The summed E-state index contributed by atoms with van der Waals surface area (Å²) in [4.78, 5) is 0. The molecule has 2 heteroatoms. The number of fused-ring (bicyclic) bond motifs is 6. The van der Waals surface area contributed by atoms with Crippen LogP contribution in [0.5, 0.6) is 0 Å². The minimum Gasteiger partial charge on any atom is -0.370 e. The Morgan fingerprint density at radius 1 is 0.667 bits per heavy atom. The summed E-state index contributed by atoms with van der Waals surface area (Å²) >= 11 is 0. The smallest absolute Gasteiger partial charge is 0.0875 e. The van der Waals surface area contributed by atoms with Crippen LogP contribution in [-0.4, -0.2) is 24.4 Å². The Morgan fingerprint density at radius 2 is 1.60 bits per heavy atom. The molecular weight excluding hydrogens is 188 g/mol. The standard InChI is InChI=1S/C13H18O2/c1-2-10-11(14-10)5-6(1)8-3-7-4-9(8)13-12(7)15-13/h6-13H,1-5H2. The van der Waals surface area contributed by atoms with Crippen molar-refractivity contribution in [3.8, 4) is 0 Å². The summed E-state index contributed by atoms with van der Waals surface area (Å²) in [5.74, 6) is 3.88. The molecule has 2 saturated heterocycles. The third kappa shape index (κ3) is 0.980. The van der Waals surface area contributed by atoms with E-state index in [1.807, 2.05) is 0 Å². The Bertz CT molecular complexity index is 316. The lowest BCUT2D eigenvalue weighted by Gasteiger charge is -2.30. The van der Waals surface area contributed by atoms with Gasteiger partial charge >= 0.3 is 0 Å². The predicted molar refractivity (Wildman–Crippen MR) is 54.4 cm³/mol. The second-order valence-electron chi connectivity index (χ2n) is 6.41. The zero-order valence-corrected chi connectivity index (χ0v) is 8.97. The Kier molecular flexibility index (Phi) is 1.31. The van der Waals surface area contributed by atoms with Crippen molar-refractivity contribution in [3.63, 3.8) is 0 Å². The number of epoxide rings is 2. The largest absolute Gasteiger partial charge is 0.370 e. The average Bonchev–Trinajstić information content (AvgIpc) is 3.15. The van der Waals surface area contributed by atoms with Crippen molar-refractivity contribution >= 4 is 0 Å². The molecule has 0 spiro atoms. The van der Waals surface area contributed by atoms with Crippen molar-refractivity contribution in [2.75, 3.05) is 0 Å². The molecule has 0 aromatic carbocycles. The molecule has 3 aliphatic carbocycles. The Hall–Kier alpha value is -0.0800. The number of ether oxygens (including phenoxy) is 2. The molecule has 0 N–H and O–H groups in total. The molecule has 2 nitrogen and oxygen atoms in total. The maximum atomic E-state index is 5.77. The van der Waals surface area contributed by atoms with Crippen molar-refractivity contribution in [2.24, 2.45) is 23.7 Å².